The van der Waals surface area contributed by atoms with Gasteiger partial charge in [0.25, 0.3) is 0 Å². The summed E-state index contributed by atoms with van der Waals surface area (Å²) < 4.78 is 5.88. The van der Waals surface area contributed by atoms with Crippen LogP contribution in [-0.4, -0.2) is 23.1 Å². The summed E-state index contributed by atoms with van der Waals surface area (Å²) in [6.45, 7) is 4.54. The number of carbonyl (C=O) groups excluding carboxylic acids is 1. The van der Waals surface area contributed by atoms with Crippen LogP contribution in [0.2, 0.25) is 0 Å². The highest BCUT2D eigenvalue weighted by Crippen LogP contribution is 2.17. The summed E-state index contributed by atoms with van der Waals surface area (Å²) in [6.07, 6.45) is 46.9. The highest BCUT2D eigenvalue weighted by atomic mass is 16.5. The molecule has 0 spiro atoms. The second-order valence-corrected chi connectivity index (χ2v) is 14.2. The van der Waals surface area contributed by atoms with Crippen LogP contribution in [-0.2, 0) is 14.3 Å². The van der Waals surface area contributed by atoms with E-state index in [0.717, 1.165) is 51.4 Å². The summed E-state index contributed by atoms with van der Waals surface area (Å²) >= 11 is 0. The number of carboxylic acids is 1. The molecule has 0 amide bonds. The first-order valence-corrected chi connectivity index (χ1v) is 20.7. The van der Waals surface area contributed by atoms with Crippen LogP contribution in [0, 0.1) is 0 Å². The second-order valence-electron chi connectivity index (χ2n) is 14.2. The molecule has 0 aliphatic carbocycles. The Morgan fingerprint density at radius 3 is 1.24 bits per heavy atom. The van der Waals surface area contributed by atoms with Crippen molar-refractivity contribution in [3.8, 4) is 0 Å². The summed E-state index contributed by atoms with van der Waals surface area (Å²) in [6, 6.07) is 0. The maximum Gasteiger partial charge on any atom is 0.306 e. The Balaban J connectivity index is 3.79. The minimum Gasteiger partial charge on any atom is -0.481 e. The molecule has 0 fully saturated rings. The number of hydrogen-bond donors (Lipinski definition) is 1. The first-order chi connectivity index (χ1) is 22.6. The van der Waals surface area contributed by atoms with Crippen LogP contribution in [0.1, 0.15) is 239 Å². The number of carbonyl (C=O) groups is 2. The van der Waals surface area contributed by atoms with Gasteiger partial charge in [0, 0.05) is 12.8 Å². The van der Waals surface area contributed by atoms with Gasteiger partial charge in [0.2, 0.25) is 0 Å². The molecule has 0 radical (unpaired) electrons. The van der Waals surface area contributed by atoms with Gasteiger partial charge >= 0.3 is 11.9 Å². The largest absolute Gasteiger partial charge is 0.481 e. The van der Waals surface area contributed by atoms with Gasteiger partial charge in [0.15, 0.2) is 0 Å². The lowest BCUT2D eigenvalue weighted by molar-refractivity contribution is -0.147. The predicted molar refractivity (Wildman–Crippen MR) is 200 cm³/mol. The fraction of sp³-hybridized carbons (Fsp3) is 0.905. The molecule has 0 heterocycles. The Kier molecular flexibility index (Phi) is 37.0. The molecule has 0 aliphatic rings. The zero-order valence-corrected chi connectivity index (χ0v) is 31.2. The van der Waals surface area contributed by atoms with Crippen LogP contribution < -0.4 is 0 Å². The van der Waals surface area contributed by atoms with E-state index in [0.29, 0.717) is 6.42 Å². The first-order valence-electron chi connectivity index (χ1n) is 20.7. The minimum absolute atomic E-state index is 0.0575. The topological polar surface area (TPSA) is 63.6 Å². The molecule has 1 unspecified atom stereocenters. The normalized spacial score (nSPS) is 12.2. The van der Waals surface area contributed by atoms with Gasteiger partial charge in [-0.15, -0.1) is 0 Å². The zero-order chi connectivity index (χ0) is 33.6. The Morgan fingerprint density at radius 2 is 0.826 bits per heavy atom. The predicted octanol–water partition coefficient (Wildman–Crippen LogP) is 14.2. The van der Waals surface area contributed by atoms with Crippen molar-refractivity contribution in [3.63, 3.8) is 0 Å². The molecule has 1 N–H and O–H groups in total. The smallest absolute Gasteiger partial charge is 0.306 e. The van der Waals surface area contributed by atoms with Gasteiger partial charge < -0.3 is 9.84 Å². The lowest BCUT2D eigenvalue weighted by atomic mass is 10.0. The number of allylic oxidation sites excluding steroid dienone is 1. The maximum atomic E-state index is 12.6. The van der Waals surface area contributed by atoms with Crippen molar-refractivity contribution in [3.05, 3.63) is 12.2 Å². The lowest BCUT2D eigenvalue weighted by Crippen LogP contribution is -2.16. The molecule has 0 saturated carbocycles. The summed E-state index contributed by atoms with van der Waals surface area (Å²) in [7, 11) is 0. The van der Waals surface area contributed by atoms with Gasteiger partial charge in [-0.25, -0.2) is 0 Å². The number of hydrogen-bond acceptors (Lipinski definition) is 3. The molecule has 4 nitrogen and oxygen atoms in total. The number of esters is 1. The number of ether oxygens (including phenoxy) is 1. The second kappa shape index (κ2) is 38.1. The van der Waals surface area contributed by atoms with Crippen molar-refractivity contribution in [2.75, 3.05) is 0 Å². The molecule has 0 aromatic carbocycles. The fourth-order valence-electron chi connectivity index (χ4n) is 6.39. The van der Waals surface area contributed by atoms with E-state index in [-0.39, 0.29) is 18.5 Å². The lowest BCUT2D eigenvalue weighted by Gasteiger charge is -2.15. The highest BCUT2D eigenvalue weighted by Gasteiger charge is 2.11. The first kappa shape index (κ1) is 44.7. The zero-order valence-electron chi connectivity index (χ0n) is 31.2. The van der Waals surface area contributed by atoms with E-state index in [1.807, 2.05) is 0 Å². The van der Waals surface area contributed by atoms with E-state index in [1.54, 1.807) is 0 Å². The molecule has 0 aromatic rings. The Labute approximate surface area is 287 Å². The van der Waals surface area contributed by atoms with Crippen LogP contribution in [0.25, 0.3) is 0 Å². The standard InChI is InChI=1S/C42H80O4/c1-3-5-7-9-11-13-14-15-16-17-18-19-20-21-22-23-24-25-27-29-35-39-42(45)46-40(37-33-30-31-34-38-41(43)44)36-32-28-26-12-10-8-6-4-2/h32,36,40H,3-31,33-35,37-39H2,1-2H3,(H,43,44)/b36-32-. The highest BCUT2D eigenvalue weighted by molar-refractivity contribution is 5.69. The maximum absolute atomic E-state index is 12.6. The van der Waals surface area contributed by atoms with E-state index < -0.39 is 5.97 Å². The third-order valence-corrected chi connectivity index (χ3v) is 9.47. The van der Waals surface area contributed by atoms with Crippen LogP contribution in [0.15, 0.2) is 12.2 Å². The number of carboxylic acid groups (broad SMARTS) is 1. The van der Waals surface area contributed by atoms with Gasteiger partial charge in [-0.3, -0.25) is 9.59 Å². The average Bonchev–Trinajstić information content (AvgIpc) is 3.04. The Morgan fingerprint density at radius 1 is 0.478 bits per heavy atom. The Bertz CT molecular complexity index is 658. The van der Waals surface area contributed by atoms with Gasteiger partial charge in [-0.05, 0) is 44.6 Å². The Hall–Kier alpha value is -1.32. The van der Waals surface area contributed by atoms with Gasteiger partial charge in [-0.1, -0.05) is 193 Å². The van der Waals surface area contributed by atoms with Gasteiger partial charge in [0.1, 0.15) is 6.10 Å². The summed E-state index contributed by atoms with van der Waals surface area (Å²) in [5.74, 6) is -0.775. The van der Waals surface area contributed by atoms with E-state index in [1.165, 1.54) is 161 Å². The van der Waals surface area contributed by atoms with Crippen molar-refractivity contribution >= 4 is 11.9 Å². The molecular weight excluding hydrogens is 568 g/mol. The molecule has 272 valence electrons. The van der Waals surface area contributed by atoms with E-state index in [4.69, 9.17) is 9.84 Å². The SMILES string of the molecule is CCCCCCCC/C=C\C(CCCCCCC(=O)O)OC(=O)CCCCCCCCCCCCCCCCCCCCCCC. The van der Waals surface area contributed by atoms with Crippen molar-refractivity contribution in [2.45, 2.75) is 245 Å². The van der Waals surface area contributed by atoms with Crippen molar-refractivity contribution < 1.29 is 19.4 Å². The third-order valence-electron chi connectivity index (χ3n) is 9.47. The summed E-state index contributed by atoms with van der Waals surface area (Å²) in [4.78, 5) is 23.3. The summed E-state index contributed by atoms with van der Waals surface area (Å²) in [5.41, 5.74) is 0. The average molecular weight is 649 g/mol. The van der Waals surface area contributed by atoms with Gasteiger partial charge in [0.05, 0.1) is 0 Å². The molecule has 0 rings (SSSR count). The minimum atomic E-state index is -0.718. The monoisotopic (exact) mass is 649 g/mol. The number of unbranched alkanes of at least 4 members (excludes halogenated alkanes) is 29. The fourth-order valence-corrected chi connectivity index (χ4v) is 6.39. The molecule has 0 aliphatic heterocycles. The van der Waals surface area contributed by atoms with Crippen molar-refractivity contribution in [1.29, 1.82) is 0 Å². The van der Waals surface area contributed by atoms with E-state index in [9.17, 15) is 9.59 Å². The van der Waals surface area contributed by atoms with Crippen LogP contribution >= 0.6 is 0 Å². The van der Waals surface area contributed by atoms with E-state index in [2.05, 4.69) is 26.0 Å². The molecule has 0 bridgehead atoms. The van der Waals surface area contributed by atoms with Crippen molar-refractivity contribution in [1.82, 2.24) is 0 Å². The quantitative estimate of drug-likeness (QED) is 0.0411. The molecule has 0 saturated heterocycles. The number of aliphatic carboxylic acids is 1. The van der Waals surface area contributed by atoms with Crippen LogP contribution in [0.5, 0.6) is 0 Å². The third kappa shape index (κ3) is 37.1. The number of rotatable bonds is 38. The molecule has 46 heavy (non-hydrogen) atoms. The molecule has 1 atom stereocenters. The summed E-state index contributed by atoms with van der Waals surface area (Å²) in [5, 5.41) is 8.82. The van der Waals surface area contributed by atoms with Crippen LogP contribution in [0.4, 0.5) is 0 Å². The van der Waals surface area contributed by atoms with E-state index >= 15 is 0 Å². The van der Waals surface area contributed by atoms with Gasteiger partial charge in [-0.2, -0.15) is 0 Å². The van der Waals surface area contributed by atoms with Crippen LogP contribution in [0.3, 0.4) is 0 Å². The van der Waals surface area contributed by atoms with Crippen molar-refractivity contribution in [2.24, 2.45) is 0 Å². The molecular formula is C42H80O4. The molecule has 0 aromatic heterocycles. The molecule has 4 heteroatoms.